The van der Waals surface area contributed by atoms with Crippen LogP contribution in [0.3, 0.4) is 0 Å². The van der Waals surface area contributed by atoms with Gasteiger partial charge in [-0.25, -0.2) is 0 Å². The number of benzene rings is 2. The molecule has 0 saturated heterocycles. The molecule has 0 bridgehead atoms. The van der Waals surface area contributed by atoms with Gasteiger partial charge in [0, 0.05) is 17.6 Å². The van der Waals surface area contributed by atoms with Crippen molar-refractivity contribution < 1.29 is 9.59 Å². The Labute approximate surface area is 172 Å². The summed E-state index contributed by atoms with van der Waals surface area (Å²) < 4.78 is 0. The highest BCUT2D eigenvalue weighted by Gasteiger charge is 2.18. The van der Waals surface area contributed by atoms with E-state index in [1.807, 2.05) is 19.1 Å². The van der Waals surface area contributed by atoms with Gasteiger partial charge in [-0.1, -0.05) is 6.07 Å². The summed E-state index contributed by atoms with van der Waals surface area (Å²) in [5.74, 6) is -0.480. The predicted molar refractivity (Wildman–Crippen MR) is 121 cm³/mol. The summed E-state index contributed by atoms with van der Waals surface area (Å²) in [5, 5.41) is 6.82. The van der Waals surface area contributed by atoms with Crippen LogP contribution in [0.5, 0.6) is 0 Å². The number of nitrogen functional groups attached to an aromatic ring is 2. The van der Waals surface area contributed by atoms with E-state index in [1.54, 1.807) is 18.2 Å². The number of nitrogens with two attached hydrogens (primary N) is 4. The SMILES string of the molecule is Cc1ccc(NC(C)(C)CCCNc2ccc(C(N)=O)cc2N)c(N)c1.NC=O. The van der Waals surface area contributed by atoms with Gasteiger partial charge in [-0.2, -0.15) is 0 Å². The number of hydrogen-bond acceptors (Lipinski definition) is 6. The molecule has 8 nitrogen and oxygen atoms in total. The van der Waals surface area contributed by atoms with E-state index in [1.165, 1.54) is 0 Å². The van der Waals surface area contributed by atoms with Crippen LogP contribution in [0.25, 0.3) is 0 Å². The fourth-order valence-electron chi connectivity index (χ4n) is 2.85. The maximum Gasteiger partial charge on any atom is 0.248 e. The molecule has 2 aromatic rings. The molecule has 158 valence electrons. The lowest BCUT2D eigenvalue weighted by Crippen LogP contribution is -2.31. The van der Waals surface area contributed by atoms with Gasteiger partial charge in [0.25, 0.3) is 0 Å². The Hall–Kier alpha value is -3.42. The van der Waals surface area contributed by atoms with Crippen LogP contribution >= 0.6 is 0 Å². The van der Waals surface area contributed by atoms with Crippen molar-refractivity contribution in [3.63, 3.8) is 0 Å². The van der Waals surface area contributed by atoms with Gasteiger partial charge in [0.15, 0.2) is 0 Å². The van der Waals surface area contributed by atoms with Crippen LogP contribution in [-0.4, -0.2) is 24.4 Å². The van der Waals surface area contributed by atoms with E-state index in [0.717, 1.165) is 42.0 Å². The minimum atomic E-state index is -0.480. The molecule has 0 aliphatic heterocycles. The van der Waals surface area contributed by atoms with E-state index in [4.69, 9.17) is 22.0 Å². The minimum Gasteiger partial charge on any atom is -0.397 e. The highest BCUT2D eigenvalue weighted by atomic mass is 16.1. The molecule has 2 aromatic carbocycles. The monoisotopic (exact) mass is 400 g/mol. The lowest BCUT2D eigenvalue weighted by molar-refractivity contribution is -0.106. The molecule has 0 atom stereocenters. The first-order valence-electron chi connectivity index (χ1n) is 9.32. The summed E-state index contributed by atoms with van der Waals surface area (Å²) in [5.41, 5.74) is 26.0. The van der Waals surface area contributed by atoms with Crippen LogP contribution in [0.4, 0.5) is 22.7 Å². The van der Waals surface area contributed by atoms with E-state index < -0.39 is 5.91 Å². The summed E-state index contributed by atoms with van der Waals surface area (Å²) in [6.45, 7) is 7.11. The Bertz CT molecular complexity index is 836. The highest BCUT2D eigenvalue weighted by Crippen LogP contribution is 2.26. The highest BCUT2D eigenvalue weighted by molar-refractivity contribution is 5.94. The molecule has 0 aliphatic carbocycles. The largest absolute Gasteiger partial charge is 0.397 e. The average molecular weight is 401 g/mol. The Balaban J connectivity index is 0.00000132. The molecular weight excluding hydrogens is 368 g/mol. The van der Waals surface area contributed by atoms with Crippen molar-refractivity contribution in [2.45, 2.75) is 39.2 Å². The van der Waals surface area contributed by atoms with Crippen LogP contribution in [0.1, 0.15) is 42.6 Å². The second-order valence-electron chi connectivity index (χ2n) is 7.43. The van der Waals surface area contributed by atoms with Gasteiger partial charge in [0.1, 0.15) is 0 Å². The third-order valence-corrected chi connectivity index (χ3v) is 4.31. The smallest absolute Gasteiger partial charge is 0.248 e. The Morgan fingerprint density at radius 1 is 1.07 bits per heavy atom. The molecule has 2 amide bonds. The van der Waals surface area contributed by atoms with Gasteiger partial charge in [0.05, 0.1) is 22.7 Å². The van der Waals surface area contributed by atoms with Gasteiger partial charge in [-0.15, -0.1) is 0 Å². The van der Waals surface area contributed by atoms with E-state index in [-0.39, 0.29) is 11.9 Å². The lowest BCUT2D eigenvalue weighted by atomic mass is 9.97. The zero-order valence-corrected chi connectivity index (χ0v) is 17.3. The number of anilines is 4. The van der Waals surface area contributed by atoms with Crippen LogP contribution in [0, 0.1) is 6.92 Å². The standard InChI is InChI=1S/C20H29N5O.CH3NO/c1-13-5-7-18(15(21)11-13)25-20(2,3)9-4-10-24-17-8-6-14(19(23)26)12-16(17)22;2-1-3/h5-8,11-12,24-25H,4,9-10,21-22H2,1-3H3,(H2,23,26);1H,(H2,2,3). The quantitative estimate of drug-likeness (QED) is 0.226. The second kappa shape index (κ2) is 10.8. The maximum atomic E-state index is 11.2. The van der Waals surface area contributed by atoms with E-state index in [9.17, 15) is 4.79 Å². The van der Waals surface area contributed by atoms with Crippen molar-refractivity contribution in [3.8, 4) is 0 Å². The number of amides is 2. The fourth-order valence-corrected chi connectivity index (χ4v) is 2.85. The summed E-state index contributed by atoms with van der Waals surface area (Å²) in [4.78, 5) is 19.7. The second-order valence-corrected chi connectivity index (χ2v) is 7.43. The topological polar surface area (TPSA) is 162 Å². The molecule has 2 rings (SSSR count). The van der Waals surface area contributed by atoms with Crippen LogP contribution in [0.15, 0.2) is 36.4 Å². The molecule has 10 N–H and O–H groups in total. The first kappa shape index (κ1) is 23.6. The van der Waals surface area contributed by atoms with Crippen molar-refractivity contribution in [1.82, 2.24) is 0 Å². The molecule has 0 aromatic heterocycles. The van der Waals surface area contributed by atoms with Crippen LogP contribution < -0.4 is 33.6 Å². The zero-order chi connectivity index (χ0) is 22.0. The molecule has 8 heteroatoms. The van der Waals surface area contributed by atoms with Crippen LogP contribution in [0.2, 0.25) is 0 Å². The molecule has 0 heterocycles. The molecule has 0 unspecified atom stereocenters. The van der Waals surface area contributed by atoms with Gasteiger partial charge in [-0.05, 0) is 69.5 Å². The molecule has 0 aliphatic rings. The summed E-state index contributed by atoms with van der Waals surface area (Å²) >= 11 is 0. The van der Waals surface area contributed by atoms with E-state index in [0.29, 0.717) is 11.3 Å². The zero-order valence-electron chi connectivity index (χ0n) is 17.3. The molecule has 0 saturated carbocycles. The number of nitrogens with one attached hydrogen (secondary N) is 2. The molecule has 0 fully saturated rings. The van der Waals surface area contributed by atoms with Gasteiger partial charge in [0.2, 0.25) is 12.3 Å². The fraction of sp³-hybridized carbons (Fsp3) is 0.333. The Kier molecular flexibility index (Phi) is 8.79. The third-order valence-electron chi connectivity index (χ3n) is 4.31. The molecule has 0 radical (unpaired) electrons. The predicted octanol–water partition coefficient (Wildman–Crippen LogP) is 2.44. The Morgan fingerprint density at radius 3 is 2.21 bits per heavy atom. The summed E-state index contributed by atoms with van der Waals surface area (Å²) in [7, 11) is 0. The van der Waals surface area contributed by atoms with Crippen molar-refractivity contribution in [2.24, 2.45) is 11.5 Å². The third kappa shape index (κ3) is 8.00. The van der Waals surface area contributed by atoms with Gasteiger partial charge >= 0.3 is 0 Å². The van der Waals surface area contributed by atoms with E-state index in [2.05, 4.69) is 36.3 Å². The van der Waals surface area contributed by atoms with Crippen LogP contribution in [-0.2, 0) is 4.79 Å². The average Bonchev–Trinajstić information content (AvgIpc) is 2.62. The van der Waals surface area contributed by atoms with Gasteiger partial charge in [-0.3, -0.25) is 9.59 Å². The Morgan fingerprint density at radius 2 is 1.66 bits per heavy atom. The van der Waals surface area contributed by atoms with E-state index >= 15 is 0 Å². The minimum absolute atomic E-state index is 0.0908. The number of aryl methyl sites for hydroxylation is 1. The number of hydrogen-bond donors (Lipinski definition) is 6. The van der Waals surface area contributed by atoms with Crippen molar-refractivity contribution in [2.75, 3.05) is 28.6 Å². The molecular formula is C21H32N6O2. The van der Waals surface area contributed by atoms with Crippen molar-refractivity contribution in [3.05, 3.63) is 47.5 Å². The number of primary amides is 2. The normalized spacial score (nSPS) is 10.4. The summed E-state index contributed by atoms with van der Waals surface area (Å²) in [6, 6.07) is 11.1. The first-order valence-corrected chi connectivity index (χ1v) is 9.32. The van der Waals surface area contributed by atoms with Gasteiger partial charge < -0.3 is 33.6 Å². The van der Waals surface area contributed by atoms with Crippen molar-refractivity contribution >= 4 is 35.1 Å². The molecule has 0 spiro atoms. The molecule has 29 heavy (non-hydrogen) atoms. The first-order chi connectivity index (χ1) is 13.6. The lowest BCUT2D eigenvalue weighted by Gasteiger charge is -2.28. The maximum absolute atomic E-state index is 11.2. The summed E-state index contributed by atoms with van der Waals surface area (Å²) in [6.07, 6.45) is 2.15. The van der Waals surface area contributed by atoms with Crippen molar-refractivity contribution in [1.29, 1.82) is 0 Å². The number of carbonyl (C=O) groups excluding carboxylic acids is 2. The number of carbonyl (C=O) groups is 2. The number of rotatable bonds is 8.